The molecule has 4 heteroatoms. The second-order valence-electron chi connectivity index (χ2n) is 6.43. The topological polar surface area (TPSA) is 17.1 Å². The minimum absolute atomic E-state index is 0.151. The van der Waals surface area contributed by atoms with E-state index in [1.807, 2.05) is 64.6 Å². The molecule has 0 bridgehead atoms. The zero-order valence-electron chi connectivity index (χ0n) is 21.2. The molecule has 0 heterocycles. The van der Waals surface area contributed by atoms with Crippen LogP contribution in [0.5, 0.6) is 0 Å². The highest BCUT2D eigenvalue weighted by molar-refractivity contribution is 7.98. The van der Waals surface area contributed by atoms with Gasteiger partial charge in [-0.1, -0.05) is 97.0 Å². The van der Waals surface area contributed by atoms with Crippen LogP contribution in [0, 0.1) is 5.92 Å². The van der Waals surface area contributed by atoms with Crippen molar-refractivity contribution in [2.45, 2.75) is 67.7 Å². The molecule has 0 saturated heterocycles. The fourth-order valence-corrected chi connectivity index (χ4v) is 3.33. The van der Waals surface area contributed by atoms with Gasteiger partial charge in [0.05, 0.1) is 0 Å². The first-order valence-electron chi connectivity index (χ1n) is 11.3. The molecule has 0 amide bonds. The van der Waals surface area contributed by atoms with E-state index in [0.29, 0.717) is 0 Å². The maximum Gasteiger partial charge on any atom is 0.216 e. The van der Waals surface area contributed by atoms with Crippen molar-refractivity contribution in [1.29, 1.82) is 0 Å². The van der Waals surface area contributed by atoms with Gasteiger partial charge in [0.2, 0.25) is 5.12 Å². The number of thiol groups is 2. The van der Waals surface area contributed by atoms with E-state index in [1.54, 1.807) is 12.3 Å². The van der Waals surface area contributed by atoms with E-state index < -0.39 is 0 Å². The first-order valence-corrected chi connectivity index (χ1v) is 14.0. The number of thioether (sulfide) groups is 1. The molecule has 0 fully saturated rings. The standard InChI is InChI=1S/C13H20S.C9H10OS.2C2H6.CH4S/c1-11(2)10-13-7-5-4-6-12(13)8-9-14-3;1-2-7-5-3-4-6-8(7)9(10)11;3*1-2/h4-7,11H,8-10H2,1-3H3;3-6H,2H2,1H3,(H,10,11);2*1-2H3;2H,1H3. The number of benzene rings is 2. The van der Waals surface area contributed by atoms with Crippen LogP contribution in [0.4, 0.5) is 0 Å². The Kier molecular flexibility index (Phi) is 28.5. The summed E-state index contributed by atoms with van der Waals surface area (Å²) in [5, 5.41) is -0.151. The van der Waals surface area contributed by atoms with Crippen molar-refractivity contribution in [3.05, 3.63) is 70.8 Å². The van der Waals surface area contributed by atoms with E-state index in [0.717, 1.165) is 23.5 Å². The maximum atomic E-state index is 10.9. The first-order chi connectivity index (χ1) is 15.0. The van der Waals surface area contributed by atoms with Gasteiger partial charge in [0.15, 0.2) is 0 Å². The summed E-state index contributed by atoms with van der Waals surface area (Å²) in [6, 6.07) is 16.4. The lowest BCUT2D eigenvalue weighted by atomic mass is 9.97. The molecular formula is C27H46OS3. The number of hydrogen-bond acceptors (Lipinski definition) is 3. The number of carbonyl (C=O) groups excluding carboxylic acids is 1. The highest BCUT2D eigenvalue weighted by Gasteiger charge is 2.04. The highest BCUT2D eigenvalue weighted by Crippen LogP contribution is 2.15. The quantitative estimate of drug-likeness (QED) is 0.384. The lowest BCUT2D eigenvalue weighted by Crippen LogP contribution is -2.00. The zero-order valence-corrected chi connectivity index (χ0v) is 23.8. The van der Waals surface area contributed by atoms with Crippen LogP contribution in [0.15, 0.2) is 48.5 Å². The van der Waals surface area contributed by atoms with E-state index in [-0.39, 0.29) is 5.12 Å². The third-order valence-corrected chi connectivity index (χ3v) is 4.80. The van der Waals surface area contributed by atoms with Crippen molar-refractivity contribution < 1.29 is 4.79 Å². The Morgan fingerprint density at radius 2 is 1.32 bits per heavy atom. The summed E-state index contributed by atoms with van der Waals surface area (Å²) in [4.78, 5) is 10.9. The van der Waals surface area contributed by atoms with Crippen LogP contribution in [0.1, 0.15) is 75.5 Å². The molecule has 0 spiro atoms. The number of aryl methyl sites for hydroxylation is 2. The van der Waals surface area contributed by atoms with Crippen molar-refractivity contribution in [1.82, 2.24) is 0 Å². The molecule has 0 aliphatic heterocycles. The largest absolute Gasteiger partial charge is 0.282 e. The van der Waals surface area contributed by atoms with Crippen molar-refractivity contribution in [3.63, 3.8) is 0 Å². The van der Waals surface area contributed by atoms with Crippen molar-refractivity contribution >= 4 is 42.1 Å². The molecule has 0 atom stereocenters. The molecule has 0 unspecified atom stereocenters. The molecular weight excluding hydrogens is 436 g/mol. The van der Waals surface area contributed by atoms with Gasteiger partial charge in [-0.2, -0.15) is 24.4 Å². The van der Waals surface area contributed by atoms with Crippen LogP contribution >= 0.6 is 37.0 Å². The fraction of sp³-hybridized carbons (Fsp3) is 0.519. The van der Waals surface area contributed by atoms with Gasteiger partial charge in [-0.05, 0) is 60.1 Å². The molecule has 2 aromatic rings. The number of rotatable bonds is 7. The van der Waals surface area contributed by atoms with Gasteiger partial charge >= 0.3 is 0 Å². The normalized spacial score (nSPS) is 8.90. The van der Waals surface area contributed by atoms with E-state index >= 15 is 0 Å². The van der Waals surface area contributed by atoms with Gasteiger partial charge in [0.25, 0.3) is 0 Å². The van der Waals surface area contributed by atoms with E-state index in [1.165, 1.54) is 29.7 Å². The summed E-state index contributed by atoms with van der Waals surface area (Å²) >= 11 is 9.22. The molecule has 0 aromatic heterocycles. The van der Waals surface area contributed by atoms with Crippen LogP contribution in [-0.4, -0.2) is 23.4 Å². The molecule has 178 valence electrons. The second-order valence-corrected chi connectivity index (χ2v) is 7.82. The summed E-state index contributed by atoms with van der Waals surface area (Å²) < 4.78 is 0. The lowest BCUT2D eigenvalue weighted by molar-refractivity contribution is 0.109. The second kappa shape index (κ2) is 25.4. The number of carbonyl (C=O) groups is 1. The summed E-state index contributed by atoms with van der Waals surface area (Å²) in [6.45, 7) is 14.6. The van der Waals surface area contributed by atoms with Crippen LogP contribution in [0.3, 0.4) is 0 Å². The van der Waals surface area contributed by atoms with Gasteiger partial charge in [0.1, 0.15) is 0 Å². The smallest absolute Gasteiger partial charge is 0.216 e. The Labute approximate surface area is 209 Å². The highest BCUT2D eigenvalue weighted by atomic mass is 32.2. The predicted octanol–water partition coefficient (Wildman–Crippen LogP) is 8.71. The average molecular weight is 483 g/mol. The van der Waals surface area contributed by atoms with Crippen molar-refractivity contribution in [2.24, 2.45) is 5.92 Å². The summed E-state index contributed by atoms with van der Waals surface area (Å²) in [5.74, 6) is 1.99. The van der Waals surface area contributed by atoms with Crippen molar-refractivity contribution in [3.8, 4) is 0 Å². The number of hydrogen-bond donors (Lipinski definition) is 2. The molecule has 0 aliphatic rings. The van der Waals surface area contributed by atoms with Crippen LogP contribution < -0.4 is 0 Å². The third-order valence-electron chi connectivity index (χ3n) is 3.95. The molecule has 2 aromatic carbocycles. The third kappa shape index (κ3) is 17.4. The van der Waals surface area contributed by atoms with E-state index in [2.05, 4.69) is 69.6 Å². The van der Waals surface area contributed by atoms with E-state index in [9.17, 15) is 4.79 Å². The Balaban J connectivity index is -0.000000414. The van der Waals surface area contributed by atoms with Crippen molar-refractivity contribution in [2.75, 3.05) is 18.3 Å². The van der Waals surface area contributed by atoms with Gasteiger partial charge < -0.3 is 0 Å². The SMILES string of the molecule is CC.CC.CCc1ccccc1C(=O)S.CS.CSCCc1ccccc1CC(C)C. The zero-order chi connectivity index (χ0) is 24.7. The predicted molar refractivity (Wildman–Crippen MR) is 154 cm³/mol. The fourth-order valence-electron chi connectivity index (χ4n) is 2.69. The Morgan fingerprint density at radius 3 is 1.71 bits per heavy atom. The average Bonchev–Trinajstić information content (AvgIpc) is 2.82. The lowest BCUT2D eigenvalue weighted by Gasteiger charge is -2.10. The Hall–Kier alpha value is -0.840. The van der Waals surface area contributed by atoms with Crippen LogP contribution in [0.2, 0.25) is 0 Å². The van der Waals surface area contributed by atoms with Gasteiger partial charge in [-0.3, -0.25) is 4.79 Å². The Morgan fingerprint density at radius 1 is 0.871 bits per heavy atom. The molecule has 2 rings (SSSR count). The molecule has 0 aliphatic carbocycles. The van der Waals surface area contributed by atoms with Gasteiger partial charge in [-0.25, -0.2) is 0 Å². The summed E-state index contributed by atoms with van der Waals surface area (Å²) in [5.41, 5.74) is 4.86. The molecule has 0 N–H and O–H groups in total. The summed E-state index contributed by atoms with van der Waals surface area (Å²) in [6.07, 6.45) is 7.17. The summed E-state index contributed by atoms with van der Waals surface area (Å²) in [7, 11) is 0. The van der Waals surface area contributed by atoms with Gasteiger partial charge in [0, 0.05) is 5.56 Å². The first kappa shape index (κ1) is 34.8. The Bertz CT molecular complexity index is 654. The monoisotopic (exact) mass is 482 g/mol. The minimum atomic E-state index is -0.151. The van der Waals surface area contributed by atoms with E-state index in [4.69, 9.17) is 0 Å². The molecule has 1 nitrogen and oxygen atoms in total. The maximum absolute atomic E-state index is 10.9. The molecule has 0 radical (unpaired) electrons. The van der Waals surface area contributed by atoms with Gasteiger partial charge in [-0.15, -0.1) is 12.6 Å². The molecule has 0 saturated carbocycles. The minimum Gasteiger partial charge on any atom is -0.282 e. The van der Waals surface area contributed by atoms with Crippen LogP contribution in [0.25, 0.3) is 0 Å². The van der Waals surface area contributed by atoms with Crippen LogP contribution in [-0.2, 0) is 19.3 Å². The molecule has 31 heavy (non-hydrogen) atoms.